The third-order valence-corrected chi connectivity index (χ3v) is 5.09. The molecule has 0 aromatic heterocycles. The van der Waals surface area contributed by atoms with E-state index in [0.29, 0.717) is 17.7 Å². The predicted octanol–water partition coefficient (Wildman–Crippen LogP) is 2.47. The van der Waals surface area contributed by atoms with Crippen molar-refractivity contribution in [2.24, 2.45) is 5.73 Å². The highest BCUT2D eigenvalue weighted by atomic mass is 32.2. The Bertz CT molecular complexity index is 919. The van der Waals surface area contributed by atoms with E-state index in [2.05, 4.69) is 5.32 Å². The standard InChI is InChI=1S/C19H17FN2O5S/c20-13-7-11(8-14(21)18(24)25)3-6-15(13)27-12-4-1-10(2-5-12)9-16-17(23)22-19(26)28-16/h1-7,14,16H,8-9,21H2,(H,24,25)(H,22,23,26). The van der Waals surface area contributed by atoms with E-state index in [1.807, 2.05) is 0 Å². The number of carbonyl (C=O) groups is 3. The van der Waals surface area contributed by atoms with Crippen molar-refractivity contribution in [1.29, 1.82) is 0 Å². The molecule has 0 bridgehead atoms. The monoisotopic (exact) mass is 404 g/mol. The van der Waals surface area contributed by atoms with Gasteiger partial charge in [-0.05, 0) is 48.2 Å². The highest BCUT2D eigenvalue weighted by molar-refractivity contribution is 8.15. The van der Waals surface area contributed by atoms with Crippen LogP contribution in [0.1, 0.15) is 11.1 Å². The fourth-order valence-corrected chi connectivity index (χ4v) is 3.52. The molecule has 1 heterocycles. The summed E-state index contributed by atoms with van der Waals surface area (Å²) in [5.74, 6) is -1.69. The van der Waals surface area contributed by atoms with Crippen molar-refractivity contribution in [3.8, 4) is 11.5 Å². The van der Waals surface area contributed by atoms with Crippen LogP contribution in [-0.2, 0) is 22.4 Å². The lowest BCUT2D eigenvalue weighted by Gasteiger charge is -2.11. The zero-order valence-electron chi connectivity index (χ0n) is 14.6. The molecule has 2 unspecified atom stereocenters. The number of hydrogen-bond acceptors (Lipinski definition) is 6. The van der Waals surface area contributed by atoms with E-state index in [1.165, 1.54) is 12.1 Å². The SMILES string of the molecule is NC(Cc1ccc(Oc2ccc(CC3SC(=O)NC3=O)cc2)c(F)c1)C(=O)O. The zero-order chi connectivity index (χ0) is 20.3. The van der Waals surface area contributed by atoms with Gasteiger partial charge in [-0.2, -0.15) is 0 Å². The summed E-state index contributed by atoms with van der Waals surface area (Å²) in [6.07, 6.45) is 0.409. The van der Waals surface area contributed by atoms with Crippen molar-refractivity contribution in [2.45, 2.75) is 24.1 Å². The van der Waals surface area contributed by atoms with Crippen LogP contribution >= 0.6 is 11.8 Å². The maximum atomic E-state index is 14.2. The summed E-state index contributed by atoms with van der Waals surface area (Å²) in [6.45, 7) is 0. The minimum atomic E-state index is -1.15. The molecule has 0 aliphatic carbocycles. The number of nitrogens with two attached hydrogens (primary N) is 1. The molecule has 1 fully saturated rings. The van der Waals surface area contributed by atoms with E-state index in [0.717, 1.165) is 17.3 Å². The molecule has 1 aliphatic heterocycles. The van der Waals surface area contributed by atoms with Gasteiger partial charge in [-0.3, -0.25) is 19.7 Å². The molecule has 1 aliphatic rings. The molecule has 0 spiro atoms. The Kier molecular flexibility index (Phi) is 5.96. The Morgan fingerprint density at radius 1 is 1.21 bits per heavy atom. The molecule has 2 amide bonds. The van der Waals surface area contributed by atoms with Crippen molar-refractivity contribution >= 4 is 28.9 Å². The summed E-state index contributed by atoms with van der Waals surface area (Å²) in [5.41, 5.74) is 6.75. The van der Waals surface area contributed by atoms with Gasteiger partial charge >= 0.3 is 5.97 Å². The highest BCUT2D eigenvalue weighted by Crippen LogP contribution is 2.27. The number of carboxylic acid groups (broad SMARTS) is 1. The number of hydrogen-bond donors (Lipinski definition) is 3. The van der Waals surface area contributed by atoms with Gasteiger partial charge in [0.05, 0.1) is 5.25 Å². The molecule has 0 radical (unpaired) electrons. The molecule has 1 saturated heterocycles. The Morgan fingerprint density at radius 3 is 2.46 bits per heavy atom. The van der Waals surface area contributed by atoms with Gasteiger partial charge in [0, 0.05) is 0 Å². The predicted molar refractivity (Wildman–Crippen MR) is 101 cm³/mol. The van der Waals surface area contributed by atoms with Gasteiger partial charge in [0.2, 0.25) is 5.91 Å². The number of nitrogens with one attached hydrogen (secondary N) is 1. The van der Waals surface area contributed by atoms with Crippen molar-refractivity contribution in [3.05, 3.63) is 59.4 Å². The molecule has 9 heteroatoms. The molecule has 3 rings (SSSR count). The van der Waals surface area contributed by atoms with Gasteiger partial charge in [0.1, 0.15) is 11.8 Å². The second-order valence-electron chi connectivity index (χ2n) is 6.25. The van der Waals surface area contributed by atoms with E-state index < -0.39 is 23.1 Å². The second-order valence-corrected chi connectivity index (χ2v) is 7.42. The zero-order valence-corrected chi connectivity index (χ0v) is 15.4. The molecule has 4 N–H and O–H groups in total. The normalized spacial score (nSPS) is 17.3. The lowest BCUT2D eigenvalue weighted by Crippen LogP contribution is -2.32. The largest absolute Gasteiger partial charge is 0.480 e. The van der Waals surface area contributed by atoms with E-state index >= 15 is 0 Å². The molecular weight excluding hydrogens is 387 g/mol. The summed E-state index contributed by atoms with van der Waals surface area (Å²) >= 11 is 0.958. The highest BCUT2D eigenvalue weighted by Gasteiger charge is 2.31. The van der Waals surface area contributed by atoms with Gasteiger partial charge in [-0.25, -0.2) is 4.39 Å². The number of amides is 2. The number of carboxylic acids is 1. The lowest BCUT2D eigenvalue weighted by atomic mass is 10.1. The number of rotatable bonds is 7. The number of imide groups is 1. The first kappa shape index (κ1) is 19.8. The third-order valence-electron chi connectivity index (χ3n) is 4.11. The second kappa shape index (κ2) is 8.41. The molecular formula is C19H17FN2O5S. The van der Waals surface area contributed by atoms with Gasteiger partial charge in [-0.1, -0.05) is 30.0 Å². The smallest absolute Gasteiger partial charge is 0.320 e. The maximum Gasteiger partial charge on any atom is 0.320 e. The number of thioether (sulfide) groups is 1. The van der Waals surface area contributed by atoms with Gasteiger partial charge in [0.25, 0.3) is 5.24 Å². The lowest BCUT2D eigenvalue weighted by molar-refractivity contribution is -0.138. The number of benzene rings is 2. The third kappa shape index (κ3) is 4.87. The van der Waals surface area contributed by atoms with E-state index in [1.54, 1.807) is 30.3 Å². The first-order valence-electron chi connectivity index (χ1n) is 8.37. The quantitative estimate of drug-likeness (QED) is 0.649. The van der Waals surface area contributed by atoms with Crippen LogP contribution in [0.5, 0.6) is 11.5 Å². The number of aliphatic carboxylic acids is 1. The van der Waals surface area contributed by atoms with Crippen LogP contribution in [0.15, 0.2) is 42.5 Å². The van der Waals surface area contributed by atoms with Gasteiger partial charge < -0.3 is 15.6 Å². The summed E-state index contributed by atoms with van der Waals surface area (Å²) in [7, 11) is 0. The molecule has 2 aromatic rings. The summed E-state index contributed by atoms with van der Waals surface area (Å²) in [4.78, 5) is 33.6. The maximum absolute atomic E-state index is 14.2. The molecule has 146 valence electrons. The number of ether oxygens (including phenoxy) is 1. The average molecular weight is 404 g/mol. The van der Waals surface area contributed by atoms with E-state index in [-0.39, 0.29) is 23.3 Å². The van der Waals surface area contributed by atoms with Gasteiger partial charge in [0.15, 0.2) is 11.6 Å². The molecule has 28 heavy (non-hydrogen) atoms. The Hall–Kier alpha value is -2.91. The minimum absolute atomic E-state index is 0.00304. The first-order valence-corrected chi connectivity index (χ1v) is 9.25. The fourth-order valence-electron chi connectivity index (χ4n) is 2.66. The molecule has 7 nitrogen and oxygen atoms in total. The van der Waals surface area contributed by atoms with E-state index in [4.69, 9.17) is 15.6 Å². The van der Waals surface area contributed by atoms with Crippen molar-refractivity contribution in [1.82, 2.24) is 5.32 Å². The first-order chi connectivity index (χ1) is 13.3. The Morgan fingerprint density at radius 2 is 1.89 bits per heavy atom. The number of halogens is 1. The van der Waals surface area contributed by atoms with Crippen LogP contribution in [0.4, 0.5) is 9.18 Å². The van der Waals surface area contributed by atoms with Crippen LogP contribution in [-0.4, -0.2) is 33.5 Å². The summed E-state index contributed by atoms with van der Waals surface area (Å²) in [6, 6.07) is 9.83. The van der Waals surface area contributed by atoms with Crippen LogP contribution < -0.4 is 15.8 Å². The van der Waals surface area contributed by atoms with Crippen LogP contribution in [0.25, 0.3) is 0 Å². The average Bonchev–Trinajstić information content (AvgIpc) is 2.96. The Labute approximate surface area is 164 Å². The summed E-state index contributed by atoms with van der Waals surface area (Å²) < 4.78 is 19.7. The fraction of sp³-hybridized carbons (Fsp3) is 0.211. The topological polar surface area (TPSA) is 119 Å². The molecule has 2 atom stereocenters. The Balaban J connectivity index is 1.63. The van der Waals surface area contributed by atoms with Crippen LogP contribution in [0, 0.1) is 5.82 Å². The van der Waals surface area contributed by atoms with Gasteiger partial charge in [-0.15, -0.1) is 0 Å². The van der Waals surface area contributed by atoms with Crippen molar-refractivity contribution < 1.29 is 28.6 Å². The minimum Gasteiger partial charge on any atom is -0.480 e. The van der Waals surface area contributed by atoms with Crippen LogP contribution in [0.2, 0.25) is 0 Å². The molecule has 2 aromatic carbocycles. The van der Waals surface area contributed by atoms with Crippen molar-refractivity contribution in [3.63, 3.8) is 0 Å². The van der Waals surface area contributed by atoms with E-state index in [9.17, 15) is 18.8 Å². The molecule has 0 saturated carbocycles. The number of carbonyl (C=O) groups excluding carboxylic acids is 2. The van der Waals surface area contributed by atoms with Crippen molar-refractivity contribution in [2.75, 3.05) is 0 Å². The summed E-state index contributed by atoms with van der Waals surface area (Å²) in [5, 5.41) is 10.3. The van der Waals surface area contributed by atoms with Crippen LogP contribution in [0.3, 0.4) is 0 Å².